The van der Waals surface area contributed by atoms with E-state index in [9.17, 15) is 19.8 Å². The van der Waals surface area contributed by atoms with Crippen molar-refractivity contribution < 1.29 is 24.5 Å². The molecule has 0 aliphatic heterocycles. The Bertz CT molecular complexity index is 1080. The van der Waals surface area contributed by atoms with Crippen LogP contribution in [-0.2, 0) is 14.3 Å². The van der Waals surface area contributed by atoms with Crippen molar-refractivity contribution in [2.24, 2.45) is 0 Å². The molecule has 0 aromatic carbocycles. The van der Waals surface area contributed by atoms with Crippen molar-refractivity contribution in [1.82, 2.24) is 5.32 Å². The van der Waals surface area contributed by atoms with Crippen molar-refractivity contribution in [2.75, 3.05) is 13.2 Å². The molecule has 72 heavy (non-hydrogen) atoms. The number of aliphatic hydroxyl groups excluding tert-OH is 2. The number of carbonyl (C=O) groups is 2. The summed E-state index contributed by atoms with van der Waals surface area (Å²) in [5.41, 5.74) is 0. The first kappa shape index (κ1) is 70.6. The molecule has 1 amide bonds. The minimum absolute atomic E-state index is 0.0140. The van der Waals surface area contributed by atoms with Gasteiger partial charge in [-0.15, -0.1) is 0 Å². The third kappa shape index (κ3) is 57.9. The summed E-state index contributed by atoms with van der Waals surface area (Å²) >= 11 is 0. The van der Waals surface area contributed by atoms with Gasteiger partial charge in [0.25, 0.3) is 0 Å². The van der Waals surface area contributed by atoms with Gasteiger partial charge in [-0.1, -0.05) is 341 Å². The molecule has 2 unspecified atom stereocenters. The average Bonchev–Trinajstić information content (AvgIpc) is 3.38. The van der Waals surface area contributed by atoms with Gasteiger partial charge in [-0.05, 0) is 32.1 Å². The van der Waals surface area contributed by atoms with Crippen LogP contribution >= 0.6 is 0 Å². The Balaban J connectivity index is 3.39. The Morgan fingerprint density at radius 3 is 0.944 bits per heavy atom. The third-order valence-electron chi connectivity index (χ3n) is 15.6. The Morgan fingerprint density at radius 2 is 0.639 bits per heavy atom. The minimum Gasteiger partial charge on any atom is -0.466 e. The van der Waals surface area contributed by atoms with E-state index in [1.807, 2.05) is 6.08 Å². The zero-order valence-corrected chi connectivity index (χ0v) is 48.9. The number of ether oxygens (including phenoxy) is 1. The molecule has 6 heteroatoms. The molecule has 2 atom stereocenters. The van der Waals surface area contributed by atoms with Crippen molar-refractivity contribution >= 4 is 11.9 Å². The second kappa shape index (κ2) is 62.1. The number of amides is 1. The number of rotatable bonds is 62. The minimum atomic E-state index is -0.846. The summed E-state index contributed by atoms with van der Waals surface area (Å²) in [6, 6.07) is -0.629. The van der Waals surface area contributed by atoms with E-state index in [-0.39, 0.29) is 18.5 Å². The maximum absolute atomic E-state index is 12.5. The first-order valence-corrected chi connectivity index (χ1v) is 33.0. The molecule has 0 aliphatic carbocycles. The normalized spacial score (nSPS) is 12.6. The standard InChI is InChI=1S/C66H129NO5/c1-3-5-7-9-11-13-15-17-19-21-23-28-32-36-40-44-48-52-56-60-66(71)72-61-57-53-49-45-41-37-33-29-25-22-24-27-31-35-39-43-47-51-55-59-65(70)67-63(62-68)64(69)58-54-50-46-42-38-34-30-26-20-18-16-14-12-10-8-6-4-2/h54,58,63-64,68-69H,3-53,55-57,59-62H2,1-2H3,(H,67,70)/b58-54+. The van der Waals surface area contributed by atoms with E-state index in [2.05, 4.69) is 19.2 Å². The lowest BCUT2D eigenvalue weighted by Crippen LogP contribution is -2.45. The van der Waals surface area contributed by atoms with Gasteiger partial charge in [-0.2, -0.15) is 0 Å². The van der Waals surface area contributed by atoms with Crippen LogP contribution in [0, 0.1) is 0 Å². The molecular weight excluding hydrogens is 887 g/mol. The highest BCUT2D eigenvalue weighted by atomic mass is 16.5. The number of hydrogen-bond acceptors (Lipinski definition) is 5. The lowest BCUT2D eigenvalue weighted by molar-refractivity contribution is -0.143. The van der Waals surface area contributed by atoms with Gasteiger partial charge in [-0.3, -0.25) is 9.59 Å². The summed E-state index contributed by atoms with van der Waals surface area (Å²) in [4.78, 5) is 24.6. The average molecular weight is 1020 g/mol. The largest absolute Gasteiger partial charge is 0.466 e. The van der Waals surface area contributed by atoms with E-state index in [0.29, 0.717) is 19.4 Å². The Labute approximate surface area is 450 Å². The van der Waals surface area contributed by atoms with E-state index in [1.54, 1.807) is 6.08 Å². The van der Waals surface area contributed by atoms with Crippen molar-refractivity contribution in [3.63, 3.8) is 0 Å². The predicted octanol–water partition coefficient (Wildman–Crippen LogP) is 20.8. The zero-order valence-electron chi connectivity index (χ0n) is 48.9. The van der Waals surface area contributed by atoms with Gasteiger partial charge in [0.1, 0.15) is 0 Å². The van der Waals surface area contributed by atoms with E-state index in [0.717, 1.165) is 38.5 Å². The molecule has 0 fully saturated rings. The highest BCUT2D eigenvalue weighted by Gasteiger charge is 2.18. The van der Waals surface area contributed by atoms with E-state index in [4.69, 9.17) is 4.74 Å². The van der Waals surface area contributed by atoms with E-state index >= 15 is 0 Å². The molecule has 0 spiro atoms. The molecule has 0 aliphatic rings. The summed E-state index contributed by atoms with van der Waals surface area (Å²) in [5.74, 6) is -0.0534. The summed E-state index contributed by atoms with van der Waals surface area (Å²) in [7, 11) is 0. The fourth-order valence-corrected chi connectivity index (χ4v) is 10.5. The summed E-state index contributed by atoms with van der Waals surface area (Å²) in [6.07, 6.45) is 75.5. The van der Waals surface area contributed by atoms with Crippen molar-refractivity contribution in [3.8, 4) is 0 Å². The number of allylic oxidation sites excluding steroid dienone is 1. The van der Waals surface area contributed by atoms with Crippen molar-refractivity contribution in [2.45, 2.75) is 386 Å². The molecule has 0 heterocycles. The maximum Gasteiger partial charge on any atom is 0.305 e. The van der Waals surface area contributed by atoms with Crippen LogP contribution in [0.2, 0.25) is 0 Å². The second-order valence-electron chi connectivity index (χ2n) is 22.8. The number of carbonyl (C=O) groups excluding carboxylic acids is 2. The van der Waals surface area contributed by atoms with Crippen LogP contribution in [0.3, 0.4) is 0 Å². The molecule has 0 saturated heterocycles. The number of nitrogens with one attached hydrogen (secondary N) is 1. The molecule has 0 aromatic heterocycles. The van der Waals surface area contributed by atoms with Crippen LogP contribution in [-0.4, -0.2) is 47.4 Å². The summed E-state index contributed by atoms with van der Waals surface area (Å²) in [5, 5.41) is 23.2. The Kier molecular flexibility index (Phi) is 60.9. The van der Waals surface area contributed by atoms with Gasteiger partial charge in [-0.25, -0.2) is 0 Å². The van der Waals surface area contributed by atoms with Gasteiger partial charge < -0.3 is 20.3 Å². The second-order valence-corrected chi connectivity index (χ2v) is 22.8. The number of esters is 1. The molecule has 6 nitrogen and oxygen atoms in total. The Hall–Kier alpha value is -1.40. The summed E-state index contributed by atoms with van der Waals surface area (Å²) < 4.78 is 5.51. The fourth-order valence-electron chi connectivity index (χ4n) is 10.5. The highest BCUT2D eigenvalue weighted by Crippen LogP contribution is 2.19. The molecule has 0 aromatic rings. The van der Waals surface area contributed by atoms with Gasteiger partial charge in [0, 0.05) is 12.8 Å². The van der Waals surface area contributed by atoms with Gasteiger partial charge in [0.05, 0.1) is 25.4 Å². The van der Waals surface area contributed by atoms with Crippen molar-refractivity contribution in [3.05, 3.63) is 12.2 Å². The van der Waals surface area contributed by atoms with Gasteiger partial charge in [0.2, 0.25) is 5.91 Å². The van der Waals surface area contributed by atoms with Gasteiger partial charge >= 0.3 is 5.97 Å². The smallest absolute Gasteiger partial charge is 0.305 e. The third-order valence-corrected chi connectivity index (χ3v) is 15.6. The van der Waals surface area contributed by atoms with Gasteiger partial charge in [0.15, 0.2) is 0 Å². The Morgan fingerprint density at radius 1 is 0.375 bits per heavy atom. The molecule has 0 radical (unpaired) electrons. The van der Waals surface area contributed by atoms with Crippen LogP contribution in [0.4, 0.5) is 0 Å². The van der Waals surface area contributed by atoms with E-state index < -0.39 is 12.1 Å². The first-order chi connectivity index (χ1) is 35.5. The maximum atomic E-state index is 12.5. The summed E-state index contributed by atoms with van der Waals surface area (Å²) in [6.45, 7) is 4.94. The van der Waals surface area contributed by atoms with Crippen LogP contribution in [0.15, 0.2) is 12.2 Å². The predicted molar refractivity (Wildman–Crippen MR) is 315 cm³/mol. The van der Waals surface area contributed by atoms with Crippen LogP contribution in [0.5, 0.6) is 0 Å². The highest BCUT2D eigenvalue weighted by molar-refractivity contribution is 5.76. The molecular formula is C66H129NO5. The lowest BCUT2D eigenvalue weighted by Gasteiger charge is -2.20. The molecule has 0 saturated carbocycles. The van der Waals surface area contributed by atoms with E-state index in [1.165, 1.54) is 308 Å². The molecule has 428 valence electrons. The number of unbranched alkanes of at least 4 members (excludes halogenated alkanes) is 51. The SMILES string of the molecule is CCCCCCCCCCCCCCCCC/C=C/C(O)C(CO)NC(=O)CCCCCCCCCCCCCCCCCCCCCOC(=O)CCCCCCCCCCCCCCCCCCCCC. The zero-order chi connectivity index (χ0) is 52.2. The van der Waals surface area contributed by atoms with Crippen LogP contribution in [0.1, 0.15) is 373 Å². The quantitative estimate of drug-likeness (QED) is 0.0320. The molecule has 0 bridgehead atoms. The topological polar surface area (TPSA) is 95.9 Å². The van der Waals surface area contributed by atoms with Crippen LogP contribution < -0.4 is 5.32 Å². The van der Waals surface area contributed by atoms with Crippen LogP contribution in [0.25, 0.3) is 0 Å². The fraction of sp³-hybridized carbons (Fsp3) is 0.939. The van der Waals surface area contributed by atoms with Crippen molar-refractivity contribution in [1.29, 1.82) is 0 Å². The molecule has 0 rings (SSSR count). The number of hydrogen-bond donors (Lipinski definition) is 3. The first-order valence-electron chi connectivity index (χ1n) is 33.0. The molecule has 3 N–H and O–H groups in total. The lowest BCUT2D eigenvalue weighted by atomic mass is 10.0. The number of aliphatic hydroxyl groups is 2. The monoisotopic (exact) mass is 1020 g/mol.